The summed E-state index contributed by atoms with van der Waals surface area (Å²) in [6.45, 7) is 2.57. The van der Waals surface area contributed by atoms with Gasteiger partial charge in [-0.1, -0.05) is 23.8 Å². The topological polar surface area (TPSA) is 74.1 Å². The minimum absolute atomic E-state index is 0.271. The van der Waals surface area contributed by atoms with Crippen LogP contribution in [0, 0.1) is 6.92 Å². The lowest BCUT2D eigenvalue weighted by Crippen LogP contribution is -2.11. The van der Waals surface area contributed by atoms with Crippen molar-refractivity contribution >= 4 is 19.7 Å². The Kier molecular flexibility index (Phi) is 4.42. The molecule has 0 radical (unpaired) electrons. The molecule has 1 aromatic heterocycles. The summed E-state index contributed by atoms with van der Waals surface area (Å²) >= 11 is 0. The second kappa shape index (κ2) is 5.90. The fourth-order valence-electron chi connectivity index (χ4n) is 1.85. The van der Waals surface area contributed by atoms with Gasteiger partial charge in [0.2, 0.25) is 0 Å². The van der Waals surface area contributed by atoms with Gasteiger partial charge in [-0.25, -0.2) is 8.42 Å². The van der Waals surface area contributed by atoms with Crippen molar-refractivity contribution in [1.29, 1.82) is 0 Å². The normalized spacial score (nSPS) is 11.8. The Bertz CT molecular complexity index is 712. The zero-order valence-electron chi connectivity index (χ0n) is 11.1. The van der Waals surface area contributed by atoms with Gasteiger partial charge in [0.05, 0.1) is 13.2 Å². The van der Waals surface area contributed by atoms with Crippen LogP contribution in [0.2, 0.25) is 0 Å². The smallest absolute Gasteiger partial charge is 0.296 e. The summed E-state index contributed by atoms with van der Waals surface area (Å²) in [4.78, 5) is 0. The number of hydrogen-bond acceptors (Lipinski definition) is 5. The van der Waals surface area contributed by atoms with Crippen molar-refractivity contribution in [1.82, 2.24) is 14.8 Å². The number of ether oxygens (including phenoxy) is 1. The summed E-state index contributed by atoms with van der Waals surface area (Å²) in [6.07, 6.45) is 0. The maximum absolute atomic E-state index is 11.5. The molecule has 8 heteroatoms. The van der Waals surface area contributed by atoms with E-state index in [4.69, 9.17) is 15.4 Å². The zero-order valence-corrected chi connectivity index (χ0v) is 12.6. The predicted molar refractivity (Wildman–Crippen MR) is 75.1 cm³/mol. The molecule has 0 saturated carbocycles. The molecular weight excluding hydrogens is 302 g/mol. The third-order valence-corrected chi connectivity index (χ3v) is 3.88. The minimum Gasteiger partial charge on any atom is -0.383 e. The van der Waals surface area contributed by atoms with E-state index >= 15 is 0 Å². The van der Waals surface area contributed by atoms with Crippen LogP contribution in [0.4, 0.5) is 0 Å². The number of hydrogen-bond donors (Lipinski definition) is 0. The molecule has 0 unspecified atom stereocenters. The van der Waals surface area contributed by atoms with Crippen molar-refractivity contribution < 1.29 is 13.2 Å². The zero-order chi connectivity index (χ0) is 14.8. The van der Waals surface area contributed by atoms with E-state index in [0.717, 1.165) is 11.1 Å². The average molecular weight is 316 g/mol. The van der Waals surface area contributed by atoms with Gasteiger partial charge in [-0.2, -0.15) is 0 Å². The van der Waals surface area contributed by atoms with Gasteiger partial charge in [-0.15, -0.1) is 10.2 Å². The van der Waals surface area contributed by atoms with Crippen molar-refractivity contribution in [2.75, 3.05) is 13.7 Å². The molecule has 1 aromatic carbocycles. The standard InChI is InChI=1S/C12H14ClN3O3S/c1-9-4-3-5-10(8-9)11-14-15-12(20(13,17)18)16(11)6-7-19-2/h3-5,8H,6-7H2,1-2H3. The van der Waals surface area contributed by atoms with E-state index in [1.165, 1.54) is 11.7 Å². The van der Waals surface area contributed by atoms with Crippen molar-refractivity contribution in [3.8, 4) is 11.4 Å². The molecule has 6 nitrogen and oxygen atoms in total. The Hall–Kier alpha value is -1.44. The number of aromatic nitrogens is 3. The molecular formula is C12H14ClN3O3S. The van der Waals surface area contributed by atoms with Crippen molar-refractivity contribution in [3.05, 3.63) is 29.8 Å². The summed E-state index contributed by atoms with van der Waals surface area (Å²) in [5.41, 5.74) is 1.82. The van der Waals surface area contributed by atoms with E-state index in [0.29, 0.717) is 19.0 Å². The number of nitrogens with zero attached hydrogens (tertiary/aromatic N) is 3. The third-order valence-electron chi connectivity index (χ3n) is 2.73. The molecule has 0 aliphatic heterocycles. The first kappa shape index (κ1) is 15.0. The minimum atomic E-state index is -3.96. The first-order valence-corrected chi connectivity index (χ1v) is 8.18. The van der Waals surface area contributed by atoms with Crippen LogP contribution >= 0.6 is 10.7 Å². The predicted octanol–water partition coefficient (Wildman–Crippen LogP) is 1.83. The quantitative estimate of drug-likeness (QED) is 0.787. The van der Waals surface area contributed by atoms with Gasteiger partial charge >= 0.3 is 0 Å². The van der Waals surface area contributed by atoms with Crippen LogP contribution in [-0.2, 0) is 20.3 Å². The van der Waals surface area contributed by atoms with Crippen LogP contribution in [0.1, 0.15) is 5.56 Å². The maximum Gasteiger partial charge on any atom is 0.296 e. The van der Waals surface area contributed by atoms with Gasteiger partial charge in [0, 0.05) is 23.4 Å². The van der Waals surface area contributed by atoms with Crippen LogP contribution in [-0.4, -0.2) is 36.9 Å². The van der Waals surface area contributed by atoms with E-state index in [1.54, 1.807) is 0 Å². The fraction of sp³-hybridized carbons (Fsp3) is 0.333. The van der Waals surface area contributed by atoms with E-state index < -0.39 is 9.05 Å². The SMILES string of the molecule is COCCn1c(-c2cccc(C)c2)nnc1S(=O)(=O)Cl. The molecule has 0 spiro atoms. The molecule has 20 heavy (non-hydrogen) atoms. The van der Waals surface area contributed by atoms with E-state index in [2.05, 4.69) is 10.2 Å². The van der Waals surface area contributed by atoms with E-state index in [-0.39, 0.29) is 5.16 Å². The van der Waals surface area contributed by atoms with Crippen LogP contribution in [0.15, 0.2) is 29.4 Å². The molecule has 0 aliphatic rings. The lowest BCUT2D eigenvalue weighted by Gasteiger charge is -2.08. The molecule has 0 atom stereocenters. The molecule has 108 valence electrons. The Balaban J connectivity index is 2.56. The number of rotatable bonds is 5. The van der Waals surface area contributed by atoms with Crippen molar-refractivity contribution in [2.24, 2.45) is 0 Å². The number of benzene rings is 1. The summed E-state index contributed by atoms with van der Waals surface area (Å²) in [7, 11) is 2.96. The molecule has 2 rings (SSSR count). The van der Waals surface area contributed by atoms with Gasteiger partial charge in [0.15, 0.2) is 5.82 Å². The Morgan fingerprint density at radius 3 is 2.70 bits per heavy atom. The molecule has 0 amide bonds. The highest BCUT2D eigenvalue weighted by Gasteiger charge is 2.23. The highest BCUT2D eigenvalue weighted by molar-refractivity contribution is 8.13. The molecule has 0 fully saturated rings. The largest absolute Gasteiger partial charge is 0.383 e. The van der Waals surface area contributed by atoms with E-state index in [9.17, 15) is 8.42 Å². The van der Waals surface area contributed by atoms with Gasteiger partial charge in [-0.05, 0) is 13.0 Å². The summed E-state index contributed by atoms with van der Waals surface area (Å²) in [6, 6.07) is 7.55. The van der Waals surface area contributed by atoms with Crippen LogP contribution in [0.25, 0.3) is 11.4 Å². The highest BCUT2D eigenvalue weighted by atomic mass is 35.7. The molecule has 2 aromatic rings. The van der Waals surface area contributed by atoms with Gasteiger partial charge in [0.25, 0.3) is 14.2 Å². The van der Waals surface area contributed by atoms with Crippen molar-refractivity contribution in [2.45, 2.75) is 18.6 Å². The van der Waals surface area contributed by atoms with E-state index in [1.807, 2.05) is 31.2 Å². The fourth-order valence-corrected chi connectivity index (χ4v) is 2.77. The Morgan fingerprint density at radius 2 is 2.10 bits per heavy atom. The monoisotopic (exact) mass is 315 g/mol. The average Bonchev–Trinajstić information content (AvgIpc) is 2.79. The first-order chi connectivity index (χ1) is 9.43. The first-order valence-electron chi connectivity index (χ1n) is 5.87. The number of aryl methyl sites for hydroxylation is 1. The second-order valence-electron chi connectivity index (χ2n) is 4.26. The lowest BCUT2D eigenvalue weighted by atomic mass is 10.1. The highest BCUT2D eigenvalue weighted by Crippen LogP contribution is 2.23. The third kappa shape index (κ3) is 3.17. The maximum atomic E-state index is 11.5. The van der Waals surface area contributed by atoms with Gasteiger partial charge in [-0.3, -0.25) is 4.57 Å². The van der Waals surface area contributed by atoms with Crippen LogP contribution < -0.4 is 0 Å². The summed E-state index contributed by atoms with van der Waals surface area (Å²) in [5.74, 6) is 0.449. The second-order valence-corrected chi connectivity index (χ2v) is 6.72. The molecule has 1 heterocycles. The van der Waals surface area contributed by atoms with Gasteiger partial charge in [0.1, 0.15) is 0 Å². The summed E-state index contributed by atoms with van der Waals surface area (Å²) < 4.78 is 29.5. The molecule has 0 bridgehead atoms. The van der Waals surface area contributed by atoms with Crippen LogP contribution in [0.5, 0.6) is 0 Å². The molecule has 0 saturated heterocycles. The Morgan fingerprint density at radius 1 is 1.35 bits per heavy atom. The molecule has 0 N–H and O–H groups in total. The van der Waals surface area contributed by atoms with Crippen LogP contribution in [0.3, 0.4) is 0 Å². The van der Waals surface area contributed by atoms with Crippen molar-refractivity contribution in [3.63, 3.8) is 0 Å². The summed E-state index contributed by atoms with van der Waals surface area (Å²) in [5, 5.41) is 7.35. The number of halogens is 1. The molecule has 0 aliphatic carbocycles. The lowest BCUT2D eigenvalue weighted by molar-refractivity contribution is 0.185. The number of methoxy groups -OCH3 is 1. The Labute approximate surface area is 121 Å². The van der Waals surface area contributed by atoms with Gasteiger partial charge < -0.3 is 4.74 Å².